The van der Waals surface area contributed by atoms with E-state index in [1.807, 2.05) is 0 Å². The van der Waals surface area contributed by atoms with E-state index in [1.54, 1.807) is 31.5 Å². The Morgan fingerprint density at radius 3 is 2.76 bits per heavy atom. The van der Waals surface area contributed by atoms with Crippen LogP contribution in [0.25, 0.3) is 11.4 Å². The molecule has 0 radical (unpaired) electrons. The number of rotatable bonds is 5. The summed E-state index contributed by atoms with van der Waals surface area (Å²) in [6.07, 6.45) is 7.88. The van der Waals surface area contributed by atoms with E-state index in [-0.39, 0.29) is 12.6 Å². The number of aliphatic hydroxyl groups is 1. The molecule has 1 atom stereocenters. The van der Waals surface area contributed by atoms with Crippen molar-refractivity contribution in [1.29, 1.82) is 0 Å². The van der Waals surface area contributed by atoms with Gasteiger partial charge in [0, 0.05) is 24.5 Å². The highest BCUT2D eigenvalue weighted by Crippen LogP contribution is 2.27. The summed E-state index contributed by atoms with van der Waals surface area (Å²) in [5.74, 6) is 0.765. The molecule has 2 amide bonds. The SMILES string of the molecule is C[C@@H](NC(=O)NCC1(O)CCCCC1)c1nc(-c2ccncc2)no1. The van der Waals surface area contributed by atoms with Crippen LogP contribution in [0.4, 0.5) is 4.79 Å². The number of hydrogen-bond donors (Lipinski definition) is 3. The molecule has 25 heavy (non-hydrogen) atoms. The van der Waals surface area contributed by atoms with E-state index < -0.39 is 11.6 Å². The molecule has 2 aromatic heterocycles. The van der Waals surface area contributed by atoms with Crippen molar-refractivity contribution in [1.82, 2.24) is 25.8 Å². The Balaban J connectivity index is 1.52. The number of nitrogens with zero attached hydrogens (tertiary/aromatic N) is 3. The summed E-state index contributed by atoms with van der Waals surface area (Å²) >= 11 is 0. The second kappa shape index (κ2) is 7.60. The lowest BCUT2D eigenvalue weighted by atomic mass is 9.85. The maximum atomic E-state index is 12.1. The van der Waals surface area contributed by atoms with Gasteiger partial charge < -0.3 is 20.3 Å². The van der Waals surface area contributed by atoms with Crippen LogP contribution in [-0.4, -0.2) is 38.4 Å². The van der Waals surface area contributed by atoms with E-state index in [2.05, 4.69) is 25.8 Å². The van der Waals surface area contributed by atoms with E-state index in [9.17, 15) is 9.90 Å². The van der Waals surface area contributed by atoms with Crippen LogP contribution in [0.15, 0.2) is 29.0 Å². The number of amides is 2. The molecule has 0 unspecified atom stereocenters. The molecule has 0 aromatic carbocycles. The maximum absolute atomic E-state index is 12.1. The van der Waals surface area contributed by atoms with Gasteiger partial charge in [-0.1, -0.05) is 24.4 Å². The van der Waals surface area contributed by atoms with E-state index >= 15 is 0 Å². The molecular weight excluding hydrogens is 322 g/mol. The van der Waals surface area contributed by atoms with Gasteiger partial charge in [-0.15, -0.1) is 0 Å². The Hall–Kier alpha value is -2.48. The Labute approximate surface area is 146 Å². The van der Waals surface area contributed by atoms with Gasteiger partial charge in [-0.2, -0.15) is 4.98 Å². The third-order valence-electron chi connectivity index (χ3n) is 4.46. The summed E-state index contributed by atoms with van der Waals surface area (Å²) in [7, 11) is 0. The van der Waals surface area contributed by atoms with Crippen molar-refractivity contribution in [3.8, 4) is 11.4 Å². The molecule has 0 spiro atoms. The Morgan fingerprint density at radius 2 is 2.04 bits per heavy atom. The minimum atomic E-state index is -0.794. The molecule has 0 aliphatic heterocycles. The van der Waals surface area contributed by atoms with E-state index in [4.69, 9.17) is 4.52 Å². The third-order valence-corrected chi connectivity index (χ3v) is 4.46. The summed E-state index contributed by atoms with van der Waals surface area (Å²) < 4.78 is 5.22. The normalized spacial score (nSPS) is 17.7. The largest absolute Gasteiger partial charge is 0.388 e. The van der Waals surface area contributed by atoms with E-state index in [0.717, 1.165) is 37.7 Å². The van der Waals surface area contributed by atoms with Crippen LogP contribution in [0.5, 0.6) is 0 Å². The molecule has 1 saturated carbocycles. The molecule has 1 fully saturated rings. The van der Waals surface area contributed by atoms with Crippen molar-refractivity contribution in [2.45, 2.75) is 50.7 Å². The fourth-order valence-electron chi connectivity index (χ4n) is 2.97. The lowest BCUT2D eigenvalue weighted by molar-refractivity contribution is 0.00712. The predicted molar refractivity (Wildman–Crippen MR) is 90.5 cm³/mol. The Kier molecular flexibility index (Phi) is 5.28. The van der Waals surface area contributed by atoms with E-state index in [0.29, 0.717) is 11.7 Å². The minimum absolute atomic E-state index is 0.248. The number of carbonyl (C=O) groups is 1. The van der Waals surface area contributed by atoms with Crippen LogP contribution >= 0.6 is 0 Å². The van der Waals surface area contributed by atoms with Crippen molar-refractivity contribution in [3.05, 3.63) is 30.4 Å². The molecule has 0 bridgehead atoms. The molecule has 134 valence electrons. The highest BCUT2D eigenvalue weighted by Gasteiger charge is 2.29. The van der Waals surface area contributed by atoms with Gasteiger partial charge in [0.15, 0.2) is 0 Å². The average molecular weight is 345 g/mol. The summed E-state index contributed by atoms with van der Waals surface area (Å²) in [5.41, 5.74) is -0.00107. The highest BCUT2D eigenvalue weighted by atomic mass is 16.5. The molecule has 8 heteroatoms. The van der Waals surface area contributed by atoms with Crippen LogP contribution in [-0.2, 0) is 0 Å². The number of carbonyl (C=O) groups excluding carboxylic acids is 1. The molecule has 1 aliphatic rings. The zero-order valence-electron chi connectivity index (χ0n) is 14.2. The fraction of sp³-hybridized carbons (Fsp3) is 0.529. The predicted octanol–water partition coefficient (Wildman–Crippen LogP) is 2.19. The first-order valence-electron chi connectivity index (χ1n) is 8.56. The summed E-state index contributed by atoms with van der Waals surface area (Å²) in [6.45, 7) is 2.01. The van der Waals surface area contributed by atoms with Crippen molar-refractivity contribution in [3.63, 3.8) is 0 Å². The number of urea groups is 1. The molecule has 8 nitrogen and oxygen atoms in total. The summed E-state index contributed by atoms with van der Waals surface area (Å²) in [5, 5.41) is 19.8. The van der Waals surface area contributed by atoms with Gasteiger partial charge in [0.05, 0.1) is 5.60 Å². The van der Waals surface area contributed by atoms with Gasteiger partial charge >= 0.3 is 6.03 Å². The Morgan fingerprint density at radius 1 is 1.32 bits per heavy atom. The van der Waals surface area contributed by atoms with Gasteiger partial charge in [0.25, 0.3) is 0 Å². The monoisotopic (exact) mass is 345 g/mol. The van der Waals surface area contributed by atoms with Crippen LogP contribution < -0.4 is 10.6 Å². The molecule has 0 saturated heterocycles. The number of pyridine rings is 1. The van der Waals surface area contributed by atoms with Crippen molar-refractivity contribution < 1.29 is 14.4 Å². The smallest absolute Gasteiger partial charge is 0.315 e. The summed E-state index contributed by atoms with van der Waals surface area (Å²) in [4.78, 5) is 20.3. The molecule has 3 N–H and O–H groups in total. The van der Waals surface area contributed by atoms with Crippen LogP contribution in [0.3, 0.4) is 0 Å². The maximum Gasteiger partial charge on any atom is 0.315 e. The lowest BCUT2D eigenvalue weighted by Crippen LogP contribution is -2.47. The van der Waals surface area contributed by atoms with Crippen LogP contribution in [0.1, 0.15) is 51.0 Å². The molecule has 2 aromatic rings. The number of hydrogen-bond acceptors (Lipinski definition) is 6. The van der Waals surface area contributed by atoms with Crippen molar-refractivity contribution in [2.24, 2.45) is 0 Å². The van der Waals surface area contributed by atoms with Crippen molar-refractivity contribution in [2.75, 3.05) is 6.54 Å². The second-order valence-electron chi connectivity index (χ2n) is 6.53. The molecular formula is C17H23N5O3. The quantitative estimate of drug-likeness (QED) is 0.765. The third kappa shape index (κ3) is 4.54. The van der Waals surface area contributed by atoms with Crippen LogP contribution in [0, 0.1) is 0 Å². The average Bonchev–Trinajstić information content (AvgIpc) is 3.12. The minimum Gasteiger partial charge on any atom is -0.388 e. The van der Waals surface area contributed by atoms with Gasteiger partial charge in [-0.3, -0.25) is 4.98 Å². The first-order valence-corrected chi connectivity index (χ1v) is 8.56. The van der Waals surface area contributed by atoms with Crippen molar-refractivity contribution >= 4 is 6.03 Å². The number of nitrogens with one attached hydrogen (secondary N) is 2. The van der Waals surface area contributed by atoms with E-state index in [1.165, 1.54) is 0 Å². The first kappa shape index (κ1) is 17.3. The lowest BCUT2D eigenvalue weighted by Gasteiger charge is -2.32. The topological polar surface area (TPSA) is 113 Å². The van der Waals surface area contributed by atoms with Gasteiger partial charge in [-0.05, 0) is 31.9 Å². The summed E-state index contributed by atoms with van der Waals surface area (Å²) in [6, 6.07) is 2.76. The van der Waals surface area contributed by atoms with Gasteiger partial charge in [0.1, 0.15) is 6.04 Å². The van der Waals surface area contributed by atoms with Gasteiger partial charge in [0.2, 0.25) is 11.7 Å². The molecule has 3 rings (SSSR count). The number of aromatic nitrogens is 3. The molecule has 2 heterocycles. The Bertz CT molecular complexity index is 697. The first-order chi connectivity index (χ1) is 12.1. The highest BCUT2D eigenvalue weighted by molar-refractivity contribution is 5.74. The zero-order valence-corrected chi connectivity index (χ0v) is 14.2. The second-order valence-corrected chi connectivity index (χ2v) is 6.53. The van der Waals surface area contributed by atoms with Gasteiger partial charge in [-0.25, -0.2) is 4.79 Å². The molecule has 1 aliphatic carbocycles. The zero-order chi connectivity index (χ0) is 17.7. The fourth-order valence-corrected chi connectivity index (χ4v) is 2.97. The standard InChI is InChI=1S/C17H23N5O3/c1-12(15-21-14(22-25-15)13-5-9-18-10-6-13)20-16(23)19-11-17(24)7-3-2-4-8-17/h5-6,9-10,12,24H,2-4,7-8,11H2,1H3,(H2,19,20,23)/t12-/m1/s1. The van der Waals surface area contributed by atoms with Crippen LogP contribution in [0.2, 0.25) is 0 Å².